The second kappa shape index (κ2) is 5.48. The first-order valence-corrected chi connectivity index (χ1v) is 8.37. The van der Waals surface area contributed by atoms with Crippen LogP contribution in [0.5, 0.6) is 0 Å². The third kappa shape index (κ3) is 2.76. The monoisotopic (exact) mass is 310 g/mol. The Morgan fingerprint density at radius 1 is 1.39 bits per heavy atom. The van der Waals surface area contributed by atoms with Crippen molar-refractivity contribution in [3.05, 3.63) is 48.0 Å². The van der Waals surface area contributed by atoms with E-state index in [1.54, 1.807) is 6.20 Å². The van der Waals surface area contributed by atoms with Gasteiger partial charge in [-0.25, -0.2) is 0 Å². The molecule has 2 aromatic rings. The molecule has 2 aliphatic carbocycles. The lowest BCUT2D eigenvalue weighted by atomic mass is 10.1. The molecule has 2 saturated carbocycles. The van der Waals surface area contributed by atoms with E-state index >= 15 is 0 Å². The van der Waals surface area contributed by atoms with E-state index in [0.717, 1.165) is 25.0 Å². The minimum Gasteiger partial charge on any atom is -0.331 e. The first kappa shape index (κ1) is 14.4. The van der Waals surface area contributed by atoms with Crippen LogP contribution in [0.1, 0.15) is 49.4 Å². The van der Waals surface area contributed by atoms with E-state index < -0.39 is 0 Å². The molecule has 2 aliphatic rings. The van der Waals surface area contributed by atoms with Gasteiger partial charge < -0.3 is 4.90 Å². The predicted octanol–water partition coefficient (Wildman–Crippen LogP) is 2.67. The summed E-state index contributed by atoms with van der Waals surface area (Å²) in [4.78, 5) is 19.6. The standard InChI is InChI=1S/C18H22N4O/c1-12(17-5-3-4-8-19-17)22(14-6-7-14)18(23)16-9-15(16)13-10-20-21(2)11-13/h3-5,8,10-12,14-16H,6-7,9H2,1-2H3/t12-,15+,16-/m1/s1. The first-order chi connectivity index (χ1) is 11.1. The highest BCUT2D eigenvalue weighted by atomic mass is 16.2. The summed E-state index contributed by atoms with van der Waals surface area (Å²) in [5.74, 6) is 0.749. The summed E-state index contributed by atoms with van der Waals surface area (Å²) < 4.78 is 1.81. The highest BCUT2D eigenvalue weighted by molar-refractivity contribution is 5.84. The molecule has 4 rings (SSSR count). The number of aromatic nitrogens is 3. The van der Waals surface area contributed by atoms with E-state index in [0.29, 0.717) is 17.9 Å². The van der Waals surface area contributed by atoms with Gasteiger partial charge in [0.2, 0.25) is 5.91 Å². The van der Waals surface area contributed by atoms with Gasteiger partial charge in [0.05, 0.1) is 17.9 Å². The largest absolute Gasteiger partial charge is 0.331 e. The van der Waals surface area contributed by atoms with Gasteiger partial charge in [0.25, 0.3) is 0 Å². The lowest BCUT2D eigenvalue weighted by molar-refractivity contribution is -0.135. The van der Waals surface area contributed by atoms with Crippen molar-refractivity contribution < 1.29 is 4.79 Å². The summed E-state index contributed by atoms with van der Waals surface area (Å²) in [6, 6.07) is 6.36. The summed E-state index contributed by atoms with van der Waals surface area (Å²) in [5, 5.41) is 4.23. The van der Waals surface area contributed by atoms with Crippen molar-refractivity contribution in [1.82, 2.24) is 19.7 Å². The number of nitrogens with zero attached hydrogens (tertiary/aromatic N) is 4. The number of hydrogen-bond donors (Lipinski definition) is 0. The van der Waals surface area contributed by atoms with E-state index in [4.69, 9.17) is 0 Å². The van der Waals surface area contributed by atoms with Gasteiger partial charge in [0.15, 0.2) is 0 Å². The van der Waals surface area contributed by atoms with Crippen molar-refractivity contribution >= 4 is 5.91 Å². The fourth-order valence-electron chi connectivity index (χ4n) is 3.46. The molecule has 0 bridgehead atoms. The van der Waals surface area contributed by atoms with Crippen molar-refractivity contribution in [1.29, 1.82) is 0 Å². The molecule has 2 aromatic heterocycles. The Morgan fingerprint density at radius 3 is 2.83 bits per heavy atom. The number of carbonyl (C=O) groups is 1. The van der Waals surface area contributed by atoms with Gasteiger partial charge in [0.1, 0.15) is 0 Å². The van der Waals surface area contributed by atoms with Crippen LogP contribution in [0.4, 0.5) is 0 Å². The van der Waals surface area contributed by atoms with Crippen LogP contribution in [0.15, 0.2) is 36.8 Å². The molecule has 5 heteroatoms. The molecule has 0 spiro atoms. The van der Waals surface area contributed by atoms with Gasteiger partial charge in [-0.05, 0) is 49.8 Å². The predicted molar refractivity (Wildman–Crippen MR) is 86.6 cm³/mol. The molecule has 120 valence electrons. The molecule has 5 nitrogen and oxygen atoms in total. The van der Waals surface area contributed by atoms with Crippen molar-refractivity contribution in [2.45, 2.75) is 44.2 Å². The topological polar surface area (TPSA) is 51.0 Å². The Balaban J connectivity index is 1.51. The van der Waals surface area contributed by atoms with Gasteiger partial charge >= 0.3 is 0 Å². The number of aryl methyl sites for hydroxylation is 1. The van der Waals surface area contributed by atoms with E-state index in [-0.39, 0.29) is 12.0 Å². The first-order valence-electron chi connectivity index (χ1n) is 8.37. The number of pyridine rings is 1. The Bertz CT molecular complexity index is 707. The number of carbonyl (C=O) groups excluding carboxylic acids is 1. The SMILES string of the molecule is C[C@H](c1ccccn1)N(C(=O)[C@@H]1C[C@H]1c1cnn(C)c1)C1CC1. The Morgan fingerprint density at radius 2 is 2.22 bits per heavy atom. The average molecular weight is 310 g/mol. The number of amides is 1. The van der Waals surface area contributed by atoms with Crippen LogP contribution in [0.25, 0.3) is 0 Å². The van der Waals surface area contributed by atoms with Gasteiger partial charge in [-0.3, -0.25) is 14.5 Å². The third-order valence-electron chi connectivity index (χ3n) is 4.99. The average Bonchev–Trinajstić information content (AvgIpc) is 3.48. The minimum absolute atomic E-state index is 0.0475. The molecule has 2 heterocycles. The second-order valence-electron chi connectivity index (χ2n) is 6.80. The van der Waals surface area contributed by atoms with Gasteiger partial charge in [-0.2, -0.15) is 5.10 Å². The smallest absolute Gasteiger partial charge is 0.227 e. The zero-order valence-corrected chi connectivity index (χ0v) is 13.6. The van der Waals surface area contributed by atoms with E-state index in [2.05, 4.69) is 21.9 Å². The number of rotatable bonds is 5. The van der Waals surface area contributed by atoms with Crippen LogP contribution < -0.4 is 0 Å². The van der Waals surface area contributed by atoms with Crippen molar-refractivity contribution in [2.24, 2.45) is 13.0 Å². The minimum atomic E-state index is 0.0475. The zero-order valence-electron chi connectivity index (χ0n) is 13.6. The summed E-state index contributed by atoms with van der Waals surface area (Å²) in [7, 11) is 1.92. The molecule has 2 fully saturated rings. The van der Waals surface area contributed by atoms with Crippen molar-refractivity contribution in [3.8, 4) is 0 Å². The lowest BCUT2D eigenvalue weighted by Crippen LogP contribution is -2.37. The highest BCUT2D eigenvalue weighted by Gasteiger charge is 2.50. The van der Waals surface area contributed by atoms with Crippen molar-refractivity contribution in [2.75, 3.05) is 0 Å². The highest BCUT2D eigenvalue weighted by Crippen LogP contribution is 2.50. The maximum Gasteiger partial charge on any atom is 0.227 e. The van der Waals surface area contributed by atoms with Crippen LogP contribution >= 0.6 is 0 Å². The van der Waals surface area contributed by atoms with Gasteiger partial charge in [-0.1, -0.05) is 6.07 Å². The maximum atomic E-state index is 13.1. The van der Waals surface area contributed by atoms with Gasteiger partial charge in [0, 0.05) is 31.4 Å². The third-order valence-corrected chi connectivity index (χ3v) is 4.99. The second-order valence-corrected chi connectivity index (χ2v) is 6.80. The quantitative estimate of drug-likeness (QED) is 0.853. The fraction of sp³-hybridized carbons (Fsp3) is 0.500. The Hall–Kier alpha value is -2.17. The molecule has 0 unspecified atom stereocenters. The van der Waals surface area contributed by atoms with Crippen LogP contribution in [0.3, 0.4) is 0 Å². The molecule has 23 heavy (non-hydrogen) atoms. The summed E-state index contributed by atoms with van der Waals surface area (Å²) in [5.41, 5.74) is 2.17. The van der Waals surface area contributed by atoms with E-state index in [9.17, 15) is 4.79 Å². The van der Waals surface area contributed by atoms with E-state index in [1.165, 1.54) is 5.56 Å². The zero-order chi connectivity index (χ0) is 16.0. The molecular weight excluding hydrogens is 288 g/mol. The molecule has 0 aromatic carbocycles. The fourth-order valence-corrected chi connectivity index (χ4v) is 3.46. The van der Waals surface area contributed by atoms with Crippen LogP contribution in [0.2, 0.25) is 0 Å². The Kier molecular flexibility index (Phi) is 3.43. The van der Waals surface area contributed by atoms with Crippen LogP contribution in [0, 0.1) is 5.92 Å². The molecular formula is C18H22N4O. The molecule has 0 aliphatic heterocycles. The normalized spacial score (nSPS) is 24.3. The summed E-state index contributed by atoms with van der Waals surface area (Å²) in [6.07, 6.45) is 8.91. The number of hydrogen-bond acceptors (Lipinski definition) is 3. The molecule has 0 saturated heterocycles. The lowest BCUT2D eigenvalue weighted by Gasteiger charge is -2.29. The summed E-state index contributed by atoms with van der Waals surface area (Å²) in [6.45, 7) is 2.10. The summed E-state index contributed by atoms with van der Waals surface area (Å²) >= 11 is 0. The maximum absolute atomic E-state index is 13.1. The van der Waals surface area contributed by atoms with Crippen molar-refractivity contribution in [3.63, 3.8) is 0 Å². The van der Waals surface area contributed by atoms with Crippen LogP contribution in [-0.2, 0) is 11.8 Å². The molecule has 0 radical (unpaired) electrons. The van der Waals surface area contributed by atoms with Crippen LogP contribution in [-0.4, -0.2) is 31.6 Å². The molecule has 1 amide bonds. The molecule has 3 atom stereocenters. The van der Waals surface area contributed by atoms with Gasteiger partial charge in [-0.15, -0.1) is 0 Å². The Labute approximate surface area is 136 Å². The molecule has 0 N–H and O–H groups in total. The van der Waals surface area contributed by atoms with E-state index in [1.807, 2.05) is 42.3 Å².